The Balaban J connectivity index is 1.56. The molecule has 6 heteroatoms. The van der Waals surface area contributed by atoms with E-state index >= 15 is 0 Å². The van der Waals surface area contributed by atoms with Crippen molar-refractivity contribution in [1.82, 2.24) is 15.3 Å². The summed E-state index contributed by atoms with van der Waals surface area (Å²) in [4.78, 5) is 20.5. The fourth-order valence-electron chi connectivity index (χ4n) is 2.03. The van der Waals surface area contributed by atoms with Gasteiger partial charge in [-0.3, -0.25) is 9.78 Å². The van der Waals surface area contributed by atoms with Crippen molar-refractivity contribution in [2.45, 2.75) is 6.54 Å². The molecule has 1 aromatic carbocycles. The highest BCUT2D eigenvalue weighted by atomic mass is 35.5. The lowest BCUT2D eigenvalue weighted by Gasteiger charge is -1.99. The molecule has 1 amide bonds. The number of amides is 1. The van der Waals surface area contributed by atoms with Gasteiger partial charge in [0.15, 0.2) is 0 Å². The second-order valence-corrected chi connectivity index (χ2v) is 6.29. The van der Waals surface area contributed by atoms with E-state index in [4.69, 9.17) is 11.6 Å². The molecule has 0 radical (unpaired) electrons. The van der Waals surface area contributed by atoms with Gasteiger partial charge in [0.05, 0.1) is 12.2 Å². The minimum Gasteiger partial charge on any atom is -0.347 e. The highest BCUT2D eigenvalue weighted by Crippen LogP contribution is 2.22. The standard InChI is InChI=1S/C18H14ClN3OS/c19-15-5-1-3-13(9-15)6-7-17(23)21-11-16-12-24-18(22-16)14-4-2-8-20-10-14/h1-10,12H,11H2,(H,21,23)/b7-6+. The number of carbonyl (C=O) groups is 1. The minimum atomic E-state index is -0.175. The topological polar surface area (TPSA) is 54.9 Å². The molecule has 3 aromatic rings. The Kier molecular flexibility index (Phi) is 5.36. The van der Waals surface area contributed by atoms with Crippen molar-refractivity contribution < 1.29 is 4.79 Å². The average molecular weight is 356 g/mol. The van der Waals surface area contributed by atoms with Gasteiger partial charge in [-0.1, -0.05) is 23.7 Å². The van der Waals surface area contributed by atoms with E-state index in [0.29, 0.717) is 11.6 Å². The SMILES string of the molecule is O=C(/C=C/c1cccc(Cl)c1)NCc1csc(-c2cccnc2)n1. The van der Waals surface area contributed by atoms with Crippen molar-refractivity contribution in [2.24, 2.45) is 0 Å². The molecule has 4 nitrogen and oxygen atoms in total. The van der Waals surface area contributed by atoms with Crippen molar-refractivity contribution in [1.29, 1.82) is 0 Å². The summed E-state index contributed by atoms with van der Waals surface area (Å²) in [5.41, 5.74) is 2.68. The Morgan fingerprint density at radius 3 is 3.00 bits per heavy atom. The summed E-state index contributed by atoms with van der Waals surface area (Å²) in [6.07, 6.45) is 6.71. The lowest BCUT2D eigenvalue weighted by Crippen LogP contribution is -2.20. The molecule has 24 heavy (non-hydrogen) atoms. The second kappa shape index (κ2) is 7.86. The molecule has 3 rings (SSSR count). The van der Waals surface area contributed by atoms with Gasteiger partial charge in [-0.25, -0.2) is 4.98 Å². The van der Waals surface area contributed by atoms with E-state index in [1.54, 1.807) is 30.6 Å². The summed E-state index contributed by atoms with van der Waals surface area (Å²) in [6, 6.07) is 11.2. The van der Waals surface area contributed by atoms with Crippen LogP contribution in [0.4, 0.5) is 0 Å². The molecule has 0 unspecified atom stereocenters. The molecular weight excluding hydrogens is 342 g/mol. The molecule has 0 aliphatic carbocycles. The van der Waals surface area contributed by atoms with Gasteiger partial charge in [-0.05, 0) is 35.9 Å². The van der Waals surface area contributed by atoms with E-state index in [9.17, 15) is 4.79 Å². The Hall–Kier alpha value is -2.50. The summed E-state index contributed by atoms with van der Waals surface area (Å²) in [6.45, 7) is 0.384. The monoisotopic (exact) mass is 355 g/mol. The van der Waals surface area contributed by atoms with Crippen LogP contribution in [0.25, 0.3) is 16.6 Å². The Bertz CT molecular complexity index is 861. The van der Waals surface area contributed by atoms with Gasteiger partial charge in [0.1, 0.15) is 5.01 Å². The number of hydrogen-bond donors (Lipinski definition) is 1. The third kappa shape index (κ3) is 4.50. The highest BCUT2D eigenvalue weighted by molar-refractivity contribution is 7.13. The quantitative estimate of drug-likeness (QED) is 0.698. The molecule has 0 saturated heterocycles. The van der Waals surface area contributed by atoms with Gasteiger partial charge in [-0.2, -0.15) is 0 Å². The molecule has 0 aliphatic rings. The summed E-state index contributed by atoms with van der Waals surface area (Å²) in [5.74, 6) is -0.175. The Morgan fingerprint density at radius 1 is 1.29 bits per heavy atom. The predicted molar refractivity (Wildman–Crippen MR) is 97.7 cm³/mol. The van der Waals surface area contributed by atoms with E-state index in [1.807, 2.05) is 29.6 Å². The molecule has 1 N–H and O–H groups in total. The van der Waals surface area contributed by atoms with Crippen molar-refractivity contribution in [2.75, 3.05) is 0 Å². The summed E-state index contributed by atoms with van der Waals surface area (Å²) in [5, 5.41) is 6.28. The molecule has 120 valence electrons. The molecule has 0 bridgehead atoms. The minimum absolute atomic E-state index is 0.175. The van der Waals surface area contributed by atoms with Crippen LogP contribution in [-0.4, -0.2) is 15.9 Å². The average Bonchev–Trinajstić information content (AvgIpc) is 3.08. The molecule has 0 atom stereocenters. The van der Waals surface area contributed by atoms with E-state index in [-0.39, 0.29) is 5.91 Å². The van der Waals surface area contributed by atoms with Gasteiger partial charge >= 0.3 is 0 Å². The first-order chi connectivity index (χ1) is 11.7. The lowest BCUT2D eigenvalue weighted by molar-refractivity contribution is -0.116. The number of hydrogen-bond acceptors (Lipinski definition) is 4. The van der Waals surface area contributed by atoms with Crippen molar-refractivity contribution in [3.63, 3.8) is 0 Å². The summed E-state index contributed by atoms with van der Waals surface area (Å²) < 4.78 is 0. The highest BCUT2D eigenvalue weighted by Gasteiger charge is 2.05. The summed E-state index contributed by atoms with van der Waals surface area (Å²) in [7, 11) is 0. The van der Waals surface area contributed by atoms with Crippen molar-refractivity contribution in [3.05, 3.63) is 76.5 Å². The fraction of sp³-hybridized carbons (Fsp3) is 0.0556. The van der Waals surface area contributed by atoms with Gasteiger partial charge in [0.2, 0.25) is 5.91 Å². The number of nitrogens with one attached hydrogen (secondary N) is 1. The molecule has 0 aliphatic heterocycles. The van der Waals surface area contributed by atoms with Crippen LogP contribution in [0.15, 0.2) is 60.2 Å². The Morgan fingerprint density at radius 2 is 2.21 bits per heavy atom. The molecule has 2 heterocycles. The van der Waals surface area contributed by atoms with Crippen LogP contribution < -0.4 is 5.32 Å². The van der Waals surface area contributed by atoms with Gasteiger partial charge in [0, 0.05) is 34.4 Å². The molecule has 2 aromatic heterocycles. The van der Waals surface area contributed by atoms with Gasteiger partial charge in [-0.15, -0.1) is 11.3 Å². The third-order valence-corrected chi connectivity index (χ3v) is 4.36. The van der Waals surface area contributed by atoms with E-state index in [1.165, 1.54) is 17.4 Å². The maximum Gasteiger partial charge on any atom is 0.244 e. The van der Waals surface area contributed by atoms with Crippen LogP contribution in [0, 0.1) is 0 Å². The maximum absolute atomic E-state index is 11.9. The van der Waals surface area contributed by atoms with E-state index in [2.05, 4.69) is 15.3 Å². The van der Waals surface area contributed by atoms with E-state index in [0.717, 1.165) is 21.8 Å². The molecule has 0 fully saturated rings. The first kappa shape index (κ1) is 16.4. The third-order valence-electron chi connectivity index (χ3n) is 3.18. The molecule has 0 saturated carbocycles. The van der Waals surface area contributed by atoms with Gasteiger partial charge in [0.25, 0.3) is 0 Å². The lowest BCUT2D eigenvalue weighted by atomic mass is 10.2. The fourth-order valence-corrected chi connectivity index (χ4v) is 3.04. The van der Waals surface area contributed by atoms with Crippen LogP contribution >= 0.6 is 22.9 Å². The maximum atomic E-state index is 11.9. The number of thiazole rings is 1. The first-order valence-corrected chi connectivity index (χ1v) is 8.53. The van der Waals surface area contributed by atoms with E-state index < -0.39 is 0 Å². The zero-order valence-corrected chi connectivity index (χ0v) is 14.2. The second-order valence-electron chi connectivity index (χ2n) is 4.99. The van der Waals surface area contributed by atoms with Crippen LogP contribution in [0.1, 0.15) is 11.3 Å². The molecule has 0 spiro atoms. The van der Waals surface area contributed by atoms with Crippen LogP contribution in [0.3, 0.4) is 0 Å². The van der Waals surface area contributed by atoms with Crippen molar-refractivity contribution in [3.8, 4) is 10.6 Å². The number of benzene rings is 1. The number of rotatable bonds is 5. The van der Waals surface area contributed by atoms with Crippen LogP contribution in [0.2, 0.25) is 5.02 Å². The number of nitrogens with zero attached hydrogens (tertiary/aromatic N) is 2. The number of halogens is 1. The number of pyridine rings is 1. The largest absolute Gasteiger partial charge is 0.347 e. The first-order valence-electron chi connectivity index (χ1n) is 7.27. The zero-order valence-electron chi connectivity index (χ0n) is 12.6. The number of carbonyl (C=O) groups excluding carboxylic acids is 1. The normalized spacial score (nSPS) is 10.9. The summed E-state index contributed by atoms with van der Waals surface area (Å²) >= 11 is 7.44. The Labute approximate surface area is 148 Å². The zero-order chi connectivity index (χ0) is 16.8. The molecular formula is C18H14ClN3OS. The van der Waals surface area contributed by atoms with Gasteiger partial charge < -0.3 is 5.32 Å². The smallest absolute Gasteiger partial charge is 0.244 e. The van der Waals surface area contributed by atoms with Crippen LogP contribution in [0.5, 0.6) is 0 Å². The number of aromatic nitrogens is 2. The van der Waals surface area contributed by atoms with Crippen LogP contribution in [-0.2, 0) is 11.3 Å². The van der Waals surface area contributed by atoms with Crippen molar-refractivity contribution >= 4 is 34.9 Å². The predicted octanol–water partition coefficient (Wildman–Crippen LogP) is 4.19.